The summed E-state index contributed by atoms with van der Waals surface area (Å²) < 4.78 is 0. The van der Waals surface area contributed by atoms with Crippen LogP contribution in [0.3, 0.4) is 0 Å². The van der Waals surface area contributed by atoms with Crippen molar-refractivity contribution in [2.75, 3.05) is 5.73 Å². The molecule has 7 nitrogen and oxygen atoms in total. The van der Waals surface area contributed by atoms with Gasteiger partial charge in [-0.05, 0) is 29.3 Å². The van der Waals surface area contributed by atoms with Gasteiger partial charge >= 0.3 is 0 Å². The number of amides is 1. The Labute approximate surface area is 125 Å². The fourth-order valence-electron chi connectivity index (χ4n) is 2.29. The Balaban J connectivity index is 2.31. The molecule has 110 valence electrons. The van der Waals surface area contributed by atoms with Crippen molar-refractivity contribution < 1.29 is 9.90 Å². The van der Waals surface area contributed by atoms with Gasteiger partial charge in [-0.1, -0.05) is 0 Å². The summed E-state index contributed by atoms with van der Waals surface area (Å²) >= 11 is 0. The highest BCUT2D eigenvalue weighted by Gasteiger charge is 2.14. The summed E-state index contributed by atoms with van der Waals surface area (Å²) in [6, 6.07) is 5.03. The van der Waals surface area contributed by atoms with Crippen LogP contribution in [0.4, 0.5) is 5.82 Å². The van der Waals surface area contributed by atoms with Crippen molar-refractivity contribution in [1.82, 2.24) is 15.0 Å². The van der Waals surface area contributed by atoms with Crippen LogP contribution in [0.15, 0.2) is 36.9 Å². The first kappa shape index (κ1) is 13.9. The van der Waals surface area contributed by atoms with Crippen molar-refractivity contribution in [1.29, 1.82) is 0 Å². The number of hydrogen-bond acceptors (Lipinski definition) is 6. The molecule has 0 aliphatic carbocycles. The van der Waals surface area contributed by atoms with Crippen molar-refractivity contribution >= 4 is 22.6 Å². The third kappa shape index (κ3) is 2.33. The van der Waals surface area contributed by atoms with E-state index in [0.717, 1.165) is 0 Å². The lowest BCUT2D eigenvalue weighted by atomic mass is 9.97. The van der Waals surface area contributed by atoms with Gasteiger partial charge in [0.1, 0.15) is 12.1 Å². The van der Waals surface area contributed by atoms with Gasteiger partial charge in [0.25, 0.3) is 0 Å². The predicted molar refractivity (Wildman–Crippen MR) is 81.6 cm³/mol. The molecule has 0 spiro atoms. The molecule has 3 rings (SSSR count). The highest BCUT2D eigenvalue weighted by Crippen LogP contribution is 2.29. The van der Waals surface area contributed by atoms with E-state index in [1.165, 1.54) is 6.33 Å². The maximum atomic E-state index is 11.8. The smallest absolute Gasteiger partial charge is 0.249 e. The molecule has 0 bridgehead atoms. The SMILES string of the molecule is NC(=O)c1cc2c(N)ncnc2cc1-c1cncc(CO)c1. The van der Waals surface area contributed by atoms with Crippen molar-refractivity contribution in [3.63, 3.8) is 0 Å². The molecular formula is C15H13N5O2. The molecule has 0 fully saturated rings. The van der Waals surface area contributed by atoms with Gasteiger partial charge in [-0.3, -0.25) is 9.78 Å². The lowest BCUT2D eigenvalue weighted by Gasteiger charge is -2.10. The van der Waals surface area contributed by atoms with E-state index >= 15 is 0 Å². The number of hydrogen-bond donors (Lipinski definition) is 3. The number of primary amides is 1. The number of aliphatic hydroxyl groups is 1. The molecule has 5 N–H and O–H groups in total. The minimum absolute atomic E-state index is 0.143. The average Bonchev–Trinajstić information content (AvgIpc) is 2.54. The summed E-state index contributed by atoms with van der Waals surface area (Å²) in [5.74, 6) is -0.309. The maximum Gasteiger partial charge on any atom is 0.249 e. The molecule has 1 aromatic carbocycles. The third-order valence-electron chi connectivity index (χ3n) is 3.36. The molecule has 0 saturated heterocycles. The minimum atomic E-state index is -0.588. The molecule has 0 aliphatic heterocycles. The molecule has 0 atom stereocenters. The maximum absolute atomic E-state index is 11.8. The predicted octanol–water partition coefficient (Wildman–Crippen LogP) is 0.865. The Bertz CT molecular complexity index is 879. The first-order chi connectivity index (χ1) is 10.6. The fourth-order valence-corrected chi connectivity index (χ4v) is 2.29. The Kier molecular flexibility index (Phi) is 3.40. The quantitative estimate of drug-likeness (QED) is 0.657. The number of nitrogens with zero attached hydrogens (tertiary/aromatic N) is 3. The number of carbonyl (C=O) groups excluding carboxylic acids is 1. The monoisotopic (exact) mass is 295 g/mol. The van der Waals surface area contributed by atoms with Crippen LogP contribution in [0.1, 0.15) is 15.9 Å². The number of anilines is 1. The lowest BCUT2D eigenvalue weighted by molar-refractivity contribution is 0.100. The standard InChI is InChI=1S/C15H13N5O2/c16-14-12-2-11(15(17)22)10(3-13(12)19-7-20-14)9-1-8(6-21)4-18-5-9/h1-5,7,21H,6H2,(H2,17,22)(H2,16,19,20). The minimum Gasteiger partial charge on any atom is -0.392 e. The molecule has 1 amide bonds. The van der Waals surface area contributed by atoms with Gasteiger partial charge in [-0.25, -0.2) is 9.97 Å². The Morgan fingerprint density at radius 2 is 2.00 bits per heavy atom. The molecule has 2 aromatic heterocycles. The van der Waals surface area contributed by atoms with Gasteiger partial charge in [0, 0.05) is 28.9 Å². The lowest BCUT2D eigenvalue weighted by Crippen LogP contribution is -2.13. The summed E-state index contributed by atoms with van der Waals surface area (Å²) in [6.07, 6.45) is 4.50. The van der Waals surface area contributed by atoms with E-state index in [-0.39, 0.29) is 12.4 Å². The highest BCUT2D eigenvalue weighted by atomic mass is 16.3. The van der Waals surface area contributed by atoms with Crippen LogP contribution in [0.5, 0.6) is 0 Å². The highest BCUT2D eigenvalue weighted by molar-refractivity contribution is 6.05. The average molecular weight is 295 g/mol. The number of aromatic nitrogens is 3. The van der Waals surface area contributed by atoms with Crippen LogP contribution in [-0.2, 0) is 6.61 Å². The summed E-state index contributed by atoms with van der Waals surface area (Å²) in [4.78, 5) is 23.9. The van der Waals surface area contributed by atoms with Crippen LogP contribution in [0, 0.1) is 0 Å². The van der Waals surface area contributed by atoms with E-state index in [1.54, 1.807) is 30.6 Å². The molecule has 0 unspecified atom stereocenters. The summed E-state index contributed by atoms with van der Waals surface area (Å²) in [7, 11) is 0. The second kappa shape index (κ2) is 5.38. The molecule has 2 heterocycles. The van der Waals surface area contributed by atoms with E-state index in [1.807, 2.05) is 0 Å². The summed E-state index contributed by atoms with van der Waals surface area (Å²) in [5.41, 5.74) is 14.1. The molecule has 0 saturated carbocycles. The van der Waals surface area contributed by atoms with Gasteiger partial charge in [0.15, 0.2) is 0 Å². The second-order valence-corrected chi connectivity index (χ2v) is 4.78. The van der Waals surface area contributed by atoms with Crippen molar-refractivity contribution in [2.45, 2.75) is 6.61 Å². The Morgan fingerprint density at radius 1 is 1.18 bits per heavy atom. The first-order valence-corrected chi connectivity index (χ1v) is 6.49. The van der Waals surface area contributed by atoms with Crippen molar-refractivity contribution in [3.8, 4) is 11.1 Å². The fraction of sp³-hybridized carbons (Fsp3) is 0.0667. The Hall–Kier alpha value is -3.06. The van der Waals surface area contributed by atoms with E-state index < -0.39 is 5.91 Å². The van der Waals surface area contributed by atoms with Crippen molar-refractivity contribution in [3.05, 3.63) is 48.0 Å². The van der Waals surface area contributed by atoms with E-state index in [0.29, 0.717) is 33.2 Å². The van der Waals surface area contributed by atoms with E-state index in [4.69, 9.17) is 11.5 Å². The van der Waals surface area contributed by atoms with Gasteiger partial charge in [-0.15, -0.1) is 0 Å². The molecule has 3 aromatic rings. The molecule has 22 heavy (non-hydrogen) atoms. The van der Waals surface area contributed by atoms with Gasteiger partial charge in [-0.2, -0.15) is 0 Å². The van der Waals surface area contributed by atoms with Crippen LogP contribution < -0.4 is 11.5 Å². The van der Waals surface area contributed by atoms with E-state index in [2.05, 4.69) is 15.0 Å². The number of fused-ring (bicyclic) bond motifs is 1. The second-order valence-electron chi connectivity index (χ2n) is 4.78. The zero-order chi connectivity index (χ0) is 15.7. The number of rotatable bonds is 3. The van der Waals surface area contributed by atoms with Crippen molar-refractivity contribution in [2.24, 2.45) is 5.73 Å². The van der Waals surface area contributed by atoms with Gasteiger partial charge < -0.3 is 16.6 Å². The number of nitrogens with two attached hydrogens (primary N) is 2. The topological polar surface area (TPSA) is 128 Å². The van der Waals surface area contributed by atoms with E-state index in [9.17, 15) is 9.90 Å². The first-order valence-electron chi connectivity index (χ1n) is 6.49. The zero-order valence-electron chi connectivity index (χ0n) is 11.5. The van der Waals surface area contributed by atoms with Gasteiger partial charge in [0.05, 0.1) is 12.1 Å². The number of aliphatic hydroxyl groups excluding tert-OH is 1. The van der Waals surface area contributed by atoms with Crippen LogP contribution >= 0.6 is 0 Å². The largest absolute Gasteiger partial charge is 0.392 e. The number of nitrogen functional groups attached to an aromatic ring is 1. The van der Waals surface area contributed by atoms with Crippen LogP contribution in [0.25, 0.3) is 22.0 Å². The molecule has 0 aliphatic rings. The van der Waals surface area contributed by atoms with Gasteiger partial charge in [0.2, 0.25) is 5.91 Å². The number of carbonyl (C=O) groups is 1. The van der Waals surface area contributed by atoms with Crippen LogP contribution in [-0.4, -0.2) is 26.0 Å². The number of pyridine rings is 1. The summed E-state index contributed by atoms with van der Waals surface area (Å²) in [6.45, 7) is -0.143. The molecular weight excluding hydrogens is 282 g/mol. The molecule has 0 radical (unpaired) electrons. The van der Waals surface area contributed by atoms with Crippen LogP contribution in [0.2, 0.25) is 0 Å². The zero-order valence-corrected chi connectivity index (χ0v) is 11.5. The third-order valence-corrected chi connectivity index (χ3v) is 3.36. The molecule has 7 heteroatoms. The Morgan fingerprint density at radius 3 is 2.73 bits per heavy atom. The normalized spacial score (nSPS) is 10.8. The number of benzene rings is 1. The summed E-state index contributed by atoms with van der Waals surface area (Å²) in [5, 5.41) is 9.79.